The Morgan fingerprint density at radius 2 is 1.57 bits per heavy atom. The molecule has 1 unspecified atom stereocenters. The molecule has 1 aliphatic heterocycles. The van der Waals surface area contributed by atoms with Gasteiger partial charge < -0.3 is 25.4 Å². The SMILES string of the molecule is CC(C)C[C@@H](CN1CC(=O)C(NC(=O)[C@H](CC(C)C)NC(=O)OCc2ccccn2)C1)NC(=O)OCc1ccccc1. The second-order valence-electron chi connectivity index (χ2n) is 11.5. The van der Waals surface area contributed by atoms with Gasteiger partial charge in [-0.15, -0.1) is 0 Å². The first kappa shape index (κ1) is 32.5. The fourth-order valence-corrected chi connectivity index (χ4v) is 4.79. The number of likely N-dealkylation sites (tertiary alicyclic amines) is 1. The van der Waals surface area contributed by atoms with Crippen molar-refractivity contribution in [2.24, 2.45) is 11.8 Å². The molecule has 228 valence electrons. The Morgan fingerprint density at radius 1 is 0.905 bits per heavy atom. The van der Waals surface area contributed by atoms with Crippen LogP contribution in [0.3, 0.4) is 0 Å². The van der Waals surface area contributed by atoms with E-state index in [1.807, 2.05) is 49.1 Å². The van der Waals surface area contributed by atoms with Crippen molar-refractivity contribution in [2.75, 3.05) is 19.6 Å². The molecule has 0 spiro atoms. The van der Waals surface area contributed by atoms with Gasteiger partial charge in [0.1, 0.15) is 25.3 Å². The number of nitrogens with one attached hydrogen (secondary N) is 3. The van der Waals surface area contributed by atoms with Crippen LogP contribution in [0, 0.1) is 11.8 Å². The minimum atomic E-state index is -0.863. The molecule has 2 aromatic rings. The van der Waals surface area contributed by atoms with Crippen LogP contribution in [-0.2, 0) is 32.3 Å². The molecule has 1 fully saturated rings. The molecule has 1 aliphatic rings. The van der Waals surface area contributed by atoms with Crippen LogP contribution >= 0.6 is 0 Å². The van der Waals surface area contributed by atoms with Crippen LogP contribution in [0.4, 0.5) is 9.59 Å². The van der Waals surface area contributed by atoms with Gasteiger partial charge in [-0.05, 0) is 42.4 Å². The molecule has 0 aliphatic carbocycles. The lowest BCUT2D eigenvalue weighted by molar-refractivity contribution is -0.127. The Kier molecular flexibility index (Phi) is 12.7. The summed E-state index contributed by atoms with van der Waals surface area (Å²) in [6.45, 7) is 9.03. The average Bonchev–Trinajstić information content (AvgIpc) is 3.28. The summed E-state index contributed by atoms with van der Waals surface area (Å²) in [6.07, 6.45) is 1.43. The summed E-state index contributed by atoms with van der Waals surface area (Å²) >= 11 is 0. The van der Waals surface area contributed by atoms with Crippen molar-refractivity contribution in [2.45, 2.75) is 71.9 Å². The van der Waals surface area contributed by atoms with Crippen LogP contribution in [0.1, 0.15) is 51.8 Å². The van der Waals surface area contributed by atoms with Crippen LogP contribution < -0.4 is 16.0 Å². The summed E-state index contributed by atoms with van der Waals surface area (Å²) in [4.78, 5) is 57.0. The Labute approximate surface area is 247 Å². The van der Waals surface area contributed by atoms with Crippen LogP contribution in [0.25, 0.3) is 0 Å². The van der Waals surface area contributed by atoms with Gasteiger partial charge in [-0.3, -0.25) is 19.5 Å². The summed E-state index contributed by atoms with van der Waals surface area (Å²) in [5.41, 5.74) is 1.48. The van der Waals surface area contributed by atoms with E-state index in [-0.39, 0.29) is 37.5 Å². The summed E-state index contributed by atoms with van der Waals surface area (Å²) in [6, 6.07) is 12.9. The Hall–Kier alpha value is -3.99. The van der Waals surface area contributed by atoms with Gasteiger partial charge in [-0.2, -0.15) is 0 Å². The van der Waals surface area contributed by atoms with Crippen molar-refractivity contribution < 1.29 is 28.7 Å². The minimum absolute atomic E-state index is 0.0237. The molecule has 3 atom stereocenters. The van der Waals surface area contributed by atoms with Crippen molar-refractivity contribution in [3.05, 3.63) is 66.0 Å². The van der Waals surface area contributed by atoms with Crippen molar-refractivity contribution in [1.29, 1.82) is 0 Å². The fourth-order valence-electron chi connectivity index (χ4n) is 4.79. The standard InChI is InChI=1S/C31H43N5O6/c1-21(2)14-25(33-30(39)41-19-23-10-6-5-7-11-23)16-36-17-27(28(37)18-36)34-29(38)26(15-22(3)4)35-31(40)42-20-24-12-8-9-13-32-24/h5-13,21-22,25-27H,14-20H2,1-4H3,(H,33,39)(H,34,38)(H,35,40)/t25-,26-,27?/m0/s1. The normalized spacial score (nSPS) is 16.6. The summed E-state index contributed by atoms with van der Waals surface area (Å²) in [7, 11) is 0. The van der Waals surface area contributed by atoms with Gasteiger partial charge in [0, 0.05) is 25.3 Å². The Morgan fingerprint density at radius 3 is 2.24 bits per heavy atom. The highest BCUT2D eigenvalue weighted by molar-refractivity contribution is 5.94. The molecule has 1 saturated heterocycles. The van der Waals surface area contributed by atoms with E-state index in [2.05, 4.69) is 34.8 Å². The number of nitrogens with zero attached hydrogens (tertiary/aromatic N) is 2. The molecule has 11 heteroatoms. The van der Waals surface area contributed by atoms with Crippen molar-refractivity contribution in [1.82, 2.24) is 25.8 Å². The number of amides is 3. The maximum atomic E-state index is 13.2. The zero-order chi connectivity index (χ0) is 30.5. The summed E-state index contributed by atoms with van der Waals surface area (Å²) < 4.78 is 10.6. The highest BCUT2D eigenvalue weighted by Gasteiger charge is 2.35. The molecular formula is C31H43N5O6. The second-order valence-corrected chi connectivity index (χ2v) is 11.5. The van der Waals surface area contributed by atoms with E-state index in [0.717, 1.165) is 5.56 Å². The third-order valence-electron chi connectivity index (χ3n) is 6.69. The van der Waals surface area contributed by atoms with E-state index >= 15 is 0 Å². The van der Waals surface area contributed by atoms with Crippen LogP contribution in [0.15, 0.2) is 54.7 Å². The third kappa shape index (κ3) is 11.5. The van der Waals surface area contributed by atoms with Crippen LogP contribution in [0.5, 0.6) is 0 Å². The maximum absolute atomic E-state index is 13.2. The topological polar surface area (TPSA) is 139 Å². The molecule has 0 radical (unpaired) electrons. The molecule has 1 aromatic carbocycles. The molecule has 1 aromatic heterocycles. The first-order chi connectivity index (χ1) is 20.1. The Bertz CT molecular complexity index is 1160. The highest BCUT2D eigenvalue weighted by atomic mass is 16.6. The van der Waals surface area contributed by atoms with E-state index in [1.54, 1.807) is 24.4 Å². The largest absolute Gasteiger partial charge is 0.445 e. The second kappa shape index (κ2) is 16.5. The molecule has 3 amide bonds. The molecule has 3 N–H and O–H groups in total. The van der Waals surface area contributed by atoms with Crippen molar-refractivity contribution in [3.63, 3.8) is 0 Å². The lowest BCUT2D eigenvalue weighted by atomic mass is 10.0. The number of rotatable bonds is 14. The third-order valence-corrected chi connectivity index (χ3v) is 6.69. The summed E-state index contributed by atoms with van der Waals surface area (Å²) in [5.74, 6) is -0.157. The molecule has 2 heterocycles. The fraction of sp³-hybridized carbons (Fsp3) is 0.516. The van der Waals surface area contributed by atoms with Gasteiger partial charge in [0.2, 0.25) is 5.91 Å². The zero-order valence-corrected chi connectivity index (χ0v) is 24.9. The van der Waals surface area contributed by atoms with Gasteiger partial charge >= 0.3 is 12.2 Å². The number of hydrogen-bond acceptors (Lipinski definition) is 8. The average molecular weight is 582 g/mol. The first-order valence-corrected chi connectivity index (χ1v) is 14.4. The predicted molar refractivity (Wildman–Crippen MR) is 157 cm³/mol. The molecule has 0 saturated carbocycles. The number of benzene rings is 1. The van der Waals surface area contributed by atoms with E-state index < -0.39 is 30.2 Å². The number of alkyl carbamates (subject to hydrolysis) is 2. The zero-order valence-electron chi connectivity index (χ0n) is 24.9. The van der Waals surface area contributed by atoms with Crippen molar-refractivity contribution in [3.8, 4) is 0 Å². The minimum Gasteiger partial charge on any atom is -0.445 e. The smallest absolute Gasteiger partial charge is 0.408 e. The lowest BCUT2D eigenvalue weighted by Crippen LogP contribution is -2.52. The van der Waals surface area contributed by atoms with Crippen molar-refractivity contribution >= 4 is 23.9 Å². The maximum Gasteiger partial charge on any atom is 0.408 e. The number of ether oxygens (including phenoxy) is 2. The number of Topliss-reactive ketones (excluding diaryl/α,β-unsaturated/α-hetero) is 1. The van der Waals surface area contributed by atoms with Crippen LogP contribution in [-0.4, -0.2) is 71.5 Å². The quantitative estimate of drug-likeness (QED) is 0.308. The van der Waals surface area contributed by atoms with E-state index in [9.17, 15) is 19.2 Å². The van der Waals surface area contributed by atoms with E-state index in [4.69, 9.17) is 9.47 Å². The lowest BCUT2D eigenvalue weighted by Gasteiger charge is -2.26. The number of carbonyl (C=O) groups excluding carboxylic acids is 4. The molecular weight excluding hydrogens is 538 g/mol. The van der Waals surface area contributed by atoms with Gasteiger partial charge in [-0.25, -0.2) is 9.59 Å². The van der Waals surface area contributed by atoms with Gasteiger partial charge in [0.25, 0.3) is 0 Å². The highest BCUT2D eigenvalue weighted by Crippen LogP contribution is 2.13. The molecule has 42 heavy (non-hydrogen) atoms. The molecule has 11 nitrogen and oxygen atoms in total. The predicted octanol–water partition coefficient (Wildman–Crippen LogP) is 3.43. The molecule has 3 rings (SSSR count). The Balaban J connectivity index is 1.52. The summed E-state index contributed by atoms with van der Waals surface area (Å²) in [5, 5.41) is 8.38. The van der Waals surface area contributed by atoms with E-state index in [0.29, 0.717) is 37.5 Å². The monoisotopic (exact) mass is 581 g/mol. The van der Waals surface area contributed by atoms with Crippen LogP contribution in [0.2, 0.25) is 0 Å². The molecule has 0 bridgehead atoms. The number of hydrogen-bond donors (Lipinski definition) is 3. The van der Waals surface area contributed by atoms with Gasteiger partial charge in [0.15, 0.2) is 5.78 Å². The number of aromatic nitrogens is 1. The first-order valence-electron chi connectivity index (χ1n) is 14.4. The van der Waals surface area contributed by atoms with Gasteiger partial charge in [0.05, 0.1) is 12.2 Å². The number of pyridine rings is 1. The number of carbonyl (C=O) groups is 4. The van der Waals surface area contributed by atoms with E-state index in [1.165, 1.54) is 0 Å². The number of ketones is 1. The van der Waals surface area contributed by atoms with Gasteiger partial charge in [-0.1, -0.05) is 64.1 Å².